The number of benzene rings is 2. The van der Waals surface area contributed by atoms with Crippen LogP contribution in [0.4, 0.5) is 4.79 Å². The monoisotopic (exact) mass is 557 g/mol. The Labute approximate surface area is 243 Å². The number of amides is 1. The average Bonchev–Trinajstić information content (AvgIpc) is 3.46. The Kier molecular flexibility index (Phi) is 7.58. The molecule has 3 aromatic rings. The lowest BCUT2D eigenvalue weighted by molar-refractivity contribution is 0.0519. The first-order valence-electron chi connectivity index (χ1n) is 15.3. The molecule has 2 fully saturated rings. The number of ether oxygens (including phenoxy) is 2. The highest BCUT2D eigenvalue weighted by Crippen LogP contribution is 2.51. The third-order valence-electron chi connectivity index (χ3n) is 9.18. The molecule has 0 radical (unpaired) electrons. The van der Waals surface area contributed by atoms with Crippen molar-refractivity contribution in [3.63, 3.8) is 0 Å². The number of nitrogens with zero attached hydrogens (tertiary/aromatic N) is 2. The summed E-state index contributed by atoms with van der Waals surface area (Å²) in [5.74, 6) is 0.653. The summed E-state index contributed by atoms with van der Waals surface area (Å²) >= 11 is 0. The number of fused-ring (bicyclic) bond motifs is 7. The SMILES string of the molecule is COC(=O)c1ccc2c(C3CCCCC3)c3n(c2c1)C[C@@H]1CCN(CCNC(=O)OC(C)(C)C)[C@H]1c1ccccc1-3. The van der Waals surface area contributed by atoms with Crippen molar-refractivity contribution >= 4 is 23.0 Å². The van der Waals surface area contributed by atoms with Gasteiger partial charge < -0.3 is 19.4 Å². The van der Waals surface area contributed by atoms with E-state index in [1.807, 2.05) is 26.8 Å². The molecule has 41 heavy (non-hydrogen) atoms. The standard InChI is InChI=1S/C34H43N3O4/c1-34(2,3)41-33(39)35-17-19-36-18-16-24-21-37-28-20-23(32(38)40-4)14-15-27(28)29(22-10-6-5-7-11-22)31(37)26-13-9-8-12-25(26)30(24)36/h8-9,12-15,20,22,24,30H,5-7,10-11,16-19,21H2,1-4H3,(H,35,39)/t24-,30+/m0/s1. The molecule has 0 spiro atoms. The molecule has 1 aromatic heterocycles. The van der Waals surface area contributed by atoms with Crippen LogP contribution in [0.2, 0.25) is 0 Å². The lowest BCUT2D eigenvalue weighted by atomic mass is 9.81. The van der Waals surface area contributed by atoms with Crippen molar-refractivity contribution < 1.29 is 19.1 Å². The molecule has 1 aliphatic carbocycles. The molecular formula is C34H43N3O4. The zero-order valence-corrected chi connectivity index (χ0v) is 24.9. The van der Waals surface area contributed by atoms with E-state index < -0.39 is 5.60 Å². The minimum atomic E-state index is -0.511. The molecule has 218 valence electrons. The summed E-state index contributed by atoms with van der Waals surface area (Å²) in [7, 11) is 1.45. The number of esters is 1. The first-order chi connectivity index (χ1) is 19.7. The predicted octanol–water partition coefficient (Wildman–Crippen LogP) is 7.04. The van der Waals surface area contributed by atoms with E-state index in [0.717, 1.165) is 31.6 Å². The van der Waals surface area contributed by atoms with Crippen LogP contribution >= 0.6 is 0 Å². The van der Waals surface area contributed by atoms with Gasteiger partial charge in [0.2, 0.25) is 0 Å². The van der Waals surface area contributed by atoms with Gasteiger partial charge in [0.15, 0.2) is 0 Å². The lowest BCUT2D eigenvalue weighted by Crippen LogP contribution is -2.38. The third-order valence-corrected chi connectivity index (χ3v) is 9.18. The maximum Gasteiger partial charge on any atom is 0.407 e. The minimum Gasteiger partial charge on any atom is -0.465 e. The highest BCUT2D eigenvalue weighted by Gasteiger charge is 2.41. The highest BCUT2D eigenvalue weighted by molar-refractivity contribution is 5.99. The molecule has 0 bridgehead atoms. The van der Waals surface area contributed by atoms with Crippen molar-refractivity contribution in [2.45, 2.75) is 83.4 Å². The van der Waals surface area contributed by atoms with Crippen molar-refractivity contribution in [1.82, 2.24) is 14.8 Å². The molecule has 7 heteroatoms. The number of hydrogen-bond acceptors (Lipinski definition) is 5. The zero-order chi connectivity index (χ0) is 28.7. The van der Waals surface area contributed by atoms with E-state index >= 15 is 0 Å². The normalized spacial score (nSPS) is 21.1. The van der Waals surface area contributed by atoms with Crippen LogP contribution in [0.25, 0.3) is 22.2 Å². The Morgan fingerprint density at radius 1 is 1.02 bits per heavy atom. The Morgan fingerprint density at radius 2 is 1.80 bits per heavy atom. The van der Waals surface area contributed by atoms with Crippen LogP contribution in [0.3, 0.4) is 0 Å². The van der Waals surface area contributed by atoms with E-state index in [1.165, 1.54) is 67.0 Å². The molecule has 6 rings (SSSR count). The second-order valence-electron chi connectivity index (χ2n) is 13.0. The van der Waals surface area contributed by atoms with E-state index in [4.69, 9.17) is 9.47 Å². The largest absolute Gasteiger partial charge is 0.465 e. The van der Waals surface area contributed by atoms with Gasteiger partial charge in [-0.25, -0.2) is 9.59 Å². The van der Waals surface area contributed by atoms with Gasteiger partial charge in [-0.15, -0.1) is 0 Å². The topological polar surface area (TPSA) is 72.8 Å². The molecular weight excluding hydrogens is 514 g/mol. The molecule has 2 aromatic carbocycles. The number of carbonyl (C=O) groups excluding carboxylic acids is 2. The average molecular weight is 558 g/mol. The van der Waals surface area contributed by atoms with Crippen LogP contribution in [0.1, 0.15) is 92.7 Å². The maximum atomic E-state index is 12.6. The molecule has 3 aliphatic rings. The number of methoxy groups -OCH3 is 1. The van der Waals surface area contributed by atoms with Gasteiger partial charge in [-0.05, 0) is 81.7 Å². The molecule has 1 saturated heterocycles. The van der Waals surface area contributed by atoms with Crippen molar-refractivity contribution in [2.24, 2.45) is 5.92 Å². The van der Waals surface area contributed by atoms with Gasteiger partial charge in [0.05, 0.1) is 18.4 Å². The van der Waals surface area contributed by atoms with Crippen molar-refractivity contribution in [2.75, 3.05) is 26.7 Å². The molecule has 1 N–H and O–H groups in total. The third kappa shape index (κ3) is 5.36. The minimum absolute atomic E-state index is 0.268. The Hall–Kier alpha value is -3.32. The number of nitrogens with one attached hydrogen (secondary N) is 1. The number of rotatable bonds is 5. The predicted molar refractivity (Wildman–Crippen MR) is 161 cm³/mol. The molecule has 7 nitrogen and oxygen atoms in total. The molecule has 1 amide bonds. The summed E-state index contributed by atoms with van der Waals surface area (Å²) in [6.07, 6.45) is 6.98. The summed E-state index contributed by atoms with van der Waals surface area (Å²) < 4.78 is 13.1. The highest BCUT2D eigenvalue weighted by atomic mass is 16.6. The van der Waals surface area contributed by atoms with E-state index in [0.29, 0.717) is 23.9 Å². The van der Waals surface area contributed by atoms with Crippen molar-refractivity contribution in [3.8, 4) is 11.3 Å². The van der Waals surface area contributed by atoms with Gasteiger partial charge in [0.25, 0.3) is 0 Å². The number of aromatic nitrogens is 1. The summed E-state index contributed by atoms with van der Waals surface area (Å²) in [5, 5.41) is 4.24. The Bertz CT molecular complexity index is 1450. The number of hydrogen-bond donors (Lipinski definition) is 1. The Morgan fingerprint density at radius 3 is 2.56 bits per heavy atom. The van der Waals surface area contributed by atoms with E-state index in [2.05, 4.69) is 51.2 Å². The number of carbonyl (C=O) groups is 2. The molecule has 2 aliphatic heterocycles. The van der Waals surface area contributed by atoms with Gasteiger partial charge in [0.1, 0.15) is 5.60 Å². The summed E-state index contributed by atoms with van der Waals surface area (Å²) in [6, 6.07) is 15.4. The fourth-order valence-electron chi connectivity index (χ4n) is 7.55. The number of alkyl carbamates (subject to hydrolysis) is 1. The lowest BCUT2D eigenvalue weighted by Gasteiger charge is -2.29. The fourth-order valence-corrected chi connectivity index (χ4v) is 7.55. The van der Waals surface area contributed by atoms with Gasteiger partial charge >= 0.3 is 12.1 Å². The van der Waals surface area contributed by atoms with Crippen molar-refractivity contribution in [1.29, 1.82) is 0 Å². The smallest absolute Gasteiger partial charge is 0.407 e. The molecule has 1 saturated carbocycles. The van der Waals surface area contributed by atoms with Gasteiger partial charge in [-0.2, -0.15) is 0 Å². The Balaban J connectivity index is 1.40. The van der Waals surface area contributed by atoms with Gasteiger partial charge in [-0.1, -0.05) is 49.6 Å². The quantitative estimate of drug-likeness (QED) is 0.341. The van der Waals surface area contributed by atoms with E-state index in [-0.39, 0.29) is 18.1 Å². The van der Waals surface area contributed by atoms with Crippen molar-refractivity contribution in [3.05, 3.63) is 59.2 Å². The van der Waals surface area contributed by atoms with E-state index in [9.17, 15) is 9.59 Å². The zero-order valence-electron chi connectivity index (χ0n) is 24.9. The fraction of sp³-hybridized carbons (Fsp3) is 0.529. The number of likely N-dealkylation sites (tertiary alicyclic amines) is 1. The van der Waals surface area contributed by atoms with Crippen LogP contribution in [0, 0.1) is 5.92 Å². The summed E-state index contributed by atoms with van der Waals surface area (Å²) in [4.78, 5) is 27.4. The molecule has 3 heterocycles. The first-order valence-corrected chi connectivity index (χ1v) is 15.3. The molecule has 2 atom stereocenters. The molecule has 0 unspecified atom stereocenters. The van der Waals surface area contributed by atoms with Crippen LogP contribution in [0.5, 0.6) is 0 Å². The maximum absolute atomic E-state index is 12.6. The first kappa shape index (κ1) is 27.8. The second kappa shape index (κ2) is 11.2. The second-order valence-corrected chi connectivity index (χ2v) is 13.0. The van der Waals surface area contributed by atoms with Gasteiger partial charge in [0, 0.05) is 42.1 Å². The van der Waals surface area contributed by atoms with Gasteiger partial charge in [-0.3, -0.25) is 4.90 Å². The van der Waals surface area contributed by atoms with Crippen LogP contribution in [-0.2, 0) is 16.0 Å². The summed E-state index contributed by atoms with van der Waals surface area (Å²) in [6.45, 7) is 8.85. The van der Waals surface area contributed by atoms with Crippen LogP contribution in [0.15, 0.2) is 42.5 Å². The van der Waals surface area contributed by atoms with E-state index in [1.54, 1.807) is 0 Å². The van der Waals surface area contributed by atoms with Crippen LogP contribution < -0.4 is 5.32 Å². The summed E-state index contributed by atoms with van der Waals surface area (Å²) in [5.41, 5.74) is 6.72. The van der Waals surface area contributed by atoms with Crippen LogP contribution in [-0.4, -0.2) is 53.9 Å².